The maximum absolute atomic E-state index is 11.4. The minimum atomic E-state index is -1.64. The van der Waals surface area contributed by atoms with E-state index >= 15 is 0 Å². The van der Waals surface area contributed by atoms with Crippen molar-refractivity contribution in [2.45, 2.75) is 17.0 Å². The van der Waals surface area contributed by atoms with Crippen LogP contribution in [-0.4, -0.2) is 31.0 Å². The molecule has 0 N–H and O–H groups in total. The zero-order chi connectivity index (χ0) is 11.2. The summed E-state index contributed by atoms with van der Waals surface area (Å²) in [5, 5.41) is 0.601. The zero-order valence-corrected chi connectivity index (χ0v) is 14.4. The van der Waals surface area contributed by atoms with Gasteiger partial charge in [-0.15, -0.1) is 0 Å². The van der Waals surface area contributed by atoms with Gasteiger partial charge in [0.2, 0.25) is 0 Å². The van der Waals surface area contributed by atoms with Crippen molar-refractivity contribution in [3.63, 3.8) is 0 Å². The van der Waals surface area contributed by atoms with Crippen LogP contribution in [0.4, 0.5) is 0 Å². The Morgan fingerprint density at radius 2 is 2.14 bits per heavy atom. The van der Waals surface area contributed by atoms with E-state index < -0.39 is 11.0 Å². The first-order valence-corrected chi connectivity index (χ1v) is 16.3. The third kappa shape index (κ3) is 6.44. The Morgan fingerprint density at radius 1 is 1.57 bits per heavy atom. The first-order valence-electron chi connectivity index (χ1n) is 3.62. The standard InChI is InChI=1S/C8H11BrO2Se.BrSe/c1-12(2,9)6-7(10)8-4-3-5-11-8;1-2/h3-5H,6H2,1-2H3;. The number of hydrogen-bond donors (Lipinski definition) is 0. The zero-order valence-electron chi connectivity index (χ0n) is 7.83. The molecule has 0 bridgehead atoms. The summed E-state index contributed by atoms with van der Waals surface area (Å²) in [5.41, 5.74) is 0. The molecule has 0 spiro atoms. The van der Waals surface area contributed by atoms with Crippen LogP contribution in [0.25, 0.3) is 0 Å². The predicted molar refractivity (Wildman–Crippen MR) is 68.9 cm³/mol. The van der Waals surface area contributed by atoms with Gasteiger partial charge in [-0.1, -0.05) is 0 Å². The van der Waals surface area contributed by atoms with Crippen molar-refractivity contribution < 1.29 is 9.21 Å². The number of carbonyl (C=O) groups excluding carboxylic acids is 1. The van der Waals surface area contributed by atoms with E-state index in [2.05, 4.69) is 54.1 Å². The molecule has 1 rings (SSSR count). The molecule has 6 heteroatoms. The second-order valence-electron chi connectivity index (χ2n) is 2.95. The monoisotopic (exact) mass is 457 g/mol. The Hall–Kier alpha value is 0.949. The number of furan rings is 1. The van der Waals surface area contributed by atoms with Crippen LogP contribution >= 0.6 is 28.2 Å². The van der Waals surface area contributed by atoms with E-state index in [1.165, 1.54) is 6.26 Å². The van der Waals surface area contributed by atoms with Crippen LogP contribution in [0.15, 0.2) is 22.8 Å². The summed E-state index contributed by atoms with van der Waals surface area (Å²) in [5.74, 6) is 4.79. The molecule has 1 radical (unpaired) electrons. The fourth-order valence-electron chi connectivity index (χ4n) is 0.820. The van der Waals surface area contributed by atoms with Crippen molar-refractivity contribution in [2.75, 3.05) is 0 Å². The van der Waals surface area contributed by atoms with E-state index in [-0.39, 0.29) is 5.78 Å². The summed E-state index contributed by atoms with van der Waals surface area (Å²) >= 11 is 7.17. The molecule has 0 aliphatic carbocycles. The summed E-state index contributed by atoms with van der Waals surface area (Å²) in [4.78, 5) is 11.4. The van der Waals surface area contributed by atoms with Crippen molar-refractivity contribution in [3.05, 3.63) is 24.2 Å². The number of ketones is 1. The quantitative estimate of drug-likeness (QED) is 0.514. The van der Waals surface area contributed by atoms with Gasteiger partial charge in [0, 0.05) is 0 Å². The minimum absolute atomic E-state index is 0.0990. The molecule has 0 saturated heterocycles. The van der Waals surface area contributed by atoms with Gasteiger partial charge in [0.05, 0.1) is 0 Å². The number of Topliss-reactive ketones (excluding diaryl/α,β-unsaturated/α-hetero) is 1. The normalized spacial score (nSPS) is 11.5. The molecule has 81 valence electrons. The van der Waals surface area contributed by atoms with E-state index in [9.17, 15) is 4.79 Å². The second-order valence-corrected chi connectivity index (χ2v) is 18.6. The summed E-state index contributed by atoms with van der Waals surface area (Å²) in [7, 11) is 0. The molecule has 0 aliphatic heterocycles. The van der Waals surface area contributed by atoms with Crippen LogP contribution in [-0.2, 0) is 0 Å². The summed E-state index contributed by atoms with van der Waals surface area (Å²) in [6, 6.07) is 3.44. The molecule has 0 atom stereocenters. The Morgan fingerprint density at radius 3 is 2.50 bits per heavy atom. The van der Waals surface area contributed by atoms with Crippen molar-refractivity contribution in [1.29, 1.82) is 0 Å². The van der Waals surface area contributed by atoms with Crippen molar-refractivity contribution in [3.8, 4) is 0 Å². The molecular formula is C8H11Br2O2Se2. The van der Waals surface area contributed by atoms with E-state index in [4.69, 9.17) is 4.42 Å². The summed E-state index contributed by atoms with van der Waals surface area (Å²) < 4.78 is 5.00. The van der Waals surface area contributed by atoms with Crippen molar-refractivity contribution in [2.24, 2.45) is 0 Å². The van der Waals surface area contributed by atoms with Gasteiger partial charge in [-0.2, -0.15) is 0 Å². The Kier molecular flexibility index (Phi) is 7.75. The fourth-order valence-corrected chi connectivity index (χ4v) is 3.51. The number of carbonyl (C=O) groups is 1. The molecule has 14 heavy (non-hydrogen) atoms. The van der Waals surface area contributed by atoms with E-state index in [1.807, 2.05) is 0 Å². The molecule has 1 aromatic heterocycles. The van der Waals surface area contributed by atoms with Crippen LogP contribution in [0.3, 0.4) is 0 Å². The Balaban J connectivity index is 0.000000791. The topological polar surface area (TPSA) is 30.2 Å². The molecule has 0 unspecified atom stereocenters. The Bertz CT molecular complexity index is 267. The van der Waals surface area contributed by atoms with Gasteiger partial charge in [-0.3, -0.25) is 0 Å². The number of rotatable bonds is 3. The number of halogens is 2. The Labute approximate surface area is 109 Å². The molecular weight excluding hydrogens is 446 g/mol. The summed E-state index contributed by atoms with van der Waals surface area (Å²) in [6.07, 6.45) is 1.53. The molecule has 0 aliphatic rings. The van der Waals surface area contributed by atoms with Gasteiger partial charge in [0.15, 0.2) is 0 Å². The first kappa shape index (κ1) is 14.9. The maximum atomic E-state index is 11.4. The molecule has 1 heterocycles. The molecule has 0 fully saturated rings. The van der Waals surface area contributed by atoms with Gasteiger partial charge >= 0.3 is 110 Å². The van der Waals surface area contributed by atoms with Crippen LogP contribution in [0.5, 0.6) is 0 Å². The van der Waals surface area contributed by atoms with Gasteiger partial charge in [-0.05, 0) is 0 Å². The molecule has 2 nitrogen and oxygen atoms in total. The van der Waals surface area contributed by atoms with Gasteiger partial charge in [0.25, 0.3) is 0 Å². The van der Waals surface area contributed by atoms with E-state index in [0.29, 0.717) is 11.1 Å². The molecule has 0 aromatic carbocycles. The molecule has 0 saturated carbocycles. The van der Waals surface area contributed by atoms with Gasteiger partial charge in [-0.25, -0.2) is 0 Å². The van der Waals surface area contributed by atoms with Gasteiger partial charge < -0.3 is 0 Å². The third-order valence-electron chi connectivity index (χ3n) is 1.27. The summed E-state index contributed by atoms with van der Waals surface area (Å²) in [6.45, 7) is 0. The van der Waals surface area contributed by atoms with Crippen LogP contribution in [0, 0.1) is 0 Å². The van der Waals surface area contributed by atoms with Crippen LogP contribution in [0.2, 0.25) is 17.0 Å². The van der Waals surface area contributed by atoms with Crippen molar-refractivity contribution >= 4 is 59.2 Å². The average molecular weight is 457 g/mol. The van der Waals surface area contributed by atoms with E-state index in [0.717, 1.165) is 0 Å². The van der Waals surface area contributed by atoms with Crippen LogP contribution in [0.1, 0.15) is 10.6 Å². The average Bonchev–Trinajstić information content (AvgIpc) is 2.56. The fraction of sp³-hybridized carbons (Fsp3) is 0.375. The molecule has 0 amide bonds. The molecule has 1 aromatic rings. The number of hydrogen-bond acceptors (Lipinski definition) is 2. The van der Waals surface area contributed by atoms with Crippen LogP contribution < -0.4 is 0 Å². The van der Waals surface area contributed by atoms with E-state index in [1.54, 1.807) is 12.1 Å². The SMILES string of the molecule is C[Se](C)(Br)CC(=O)c1ccco1.[Se]Br. The second kappa shape index (κ2) is 7.26. The van der Waals surface area contributed by atoms with Gasteiger partial charge in [0.1, 0.15) is 0 Å². The van der Waals surface area contributed by atoms with Crippen molar-refractivity contribution in [1.82, 2.24) is 0 Å². The predicted octanol–water partition coefficient (Wildman–Crippen LogP) is 3.53. The third-order valence-corrected chi connectivity index (χ3v) is 4.45. The first-order chi connectivity index (χ1) is 6.49.